The van der Waals surface area contributed by atoms with Gasteiger partial charge in [0.25, 0.3) is 0 Å². The molecule has 0 saturated heterocycles. The van der Waals surface area contributed by atoms with Crippen molar-refractivity contribution in [1.82, 2.24) is 5.32 Å². The van der Waals surface area contributed by atoms with Gasteiger partial charge in [-0.15, -0.1) is 11.3 Å². The maximum absolute atomic E-state index is 11.5. The molecule has 0 spiro atoms. The minimum Gasteiger partial charge on any atom is -0.356 e. The van der Waals surface area contributed by atoms with Gasteiger partial charge in [0, 0.05) is 27.7 Å². The molecule has 3 nitrogen and oxygen atoms in total. The van der Waals surface area contributed by atoms with Crippen molar-refractivity contribution >= 4 is 33.2 Å². The zero-order valence-corrected chi connectivity index (χ0v) is 12.4. The molecule has 17 heavy (non-hydrogen) atoms. The van der Waals surface area contributed by atoms with Crippen molar-refractivity contribution in [2.75, 3.05) is 13.1 Å². The Balaban J connectivity index is 2.12. The maximum Gasteiger partial charge on any atom is 0.220 e. The Bertz CT molecular complexity index is 354. The highest BCUT2D eigenvalue weighted by atomic mass is 79.9. The average molecular weight is 319 g/mol. The summed E-state index contributed by atoms with van der Waals surface area (Å²) in [6.07, 6.45) is 2.46. The molecule has 1 heterocycles. The van der Waals surface area contributed by atoms with Crippen LogP contribution >= 0.6 is 27.3 Å². The molecule has 1 unspecified atom stereocenters. The normalized spacial score (nSPS) is 12.4. The summed E-state index contributed by atoms with van der Waals surface area (Å²) >= 11 is 5.15. The number of carbonyl (C=O) groups excluding carboxylic acids is 1. The van der Waals surface area contributed by atoms with Gasteiger partial charge in [0.05, 0.1) is 0 Å². The van der Waals surface area contributed by atoms with Crippen molar-refractivity contribution < 1.29 is 4.79 Å². The van der Waals surface area contributed by atoms with E-state index >= 15 is 0 Å². The first-order valence-corrected chi connectivity index (χ1v) is 7.48. The second kappa shape index (κ2) is 7.84. The molecule has 0 bridgehead atoms. The van der Waals surface area contributed by atoms with Gasteiger partial charge in [0.1, 0.15) is 0 Å². The van der Waals surface area contributed by atoms with Crippen LogP contribution in [0.15, 0.2) is 15.9 Å². The van der Waals surface area contributed by atoms with Crippen molar-refractivity contribution in [3.05, 3.63) is 20.8 Å². The van der Waals surface area contributed by atoms with Crippen LogP contribution in [0.25, 0.3) is 0 Å². The van der Waals surface area contributed by atoms with Crippen molar-refractivity contribution in [1.29, 1.82) is 0 Å². The van der Waals surface area contributed by atoms with E-state index in [1.54, 1.807) is 11.3 Å². The van der Waals surface area contributed by atoms with E-state index in [4.69, 9.17) is 5.73 Å². The number of aryl methyl sites for hydroxylation is 1. The molecule has 1 rings (SSSR count). The second-order valence-electron chi connectivity index (χ2n) is 4.23. The Morgan fingerprint density at radius 2 is 2.41 bits per heavy atom. The van der Waals surface area contributed by atoms with E-state index in [1.165, 1.54) is 4.88 Å². The van der Waals surface area contributed by atoms with Gasteiger partial charge in [0.2, 0.25) is 5.91 Å². The first-order valence-electron chi connectivity index (χ1n) is 5.81. The Morgan fingerprint density at radius 1 is 1.65 bits per heavy atom. The van der Waals surface area contributed by atoms with E-state index in [-0.39, 0.29) is 5.91 Å². The summed E-state index contributed by atoms with van der Waals surface area (Å²) in [5, 5.41) is 4.97. The zero-order chi connectivity index (χ0) is 12.7. The average Bonchev–Trinajstić information content (AvgIpc) is 2.72. The lowest BCUT2D eigenvalue weighted by Crippen LogP contribution is -2.31. The van der Waals surface area contributed by atoms with Gasteiger partial charge >= 0.3 is 0 Å². The molecule has 0 aliphatic rings. The molecule has 0 aliphatic heterocycles. The number of nitrogens with two attached hydrogens (primary N) is 1. The van der Waals surface area contributed by atoms with Crippen LogP contribution in [0.5, 0.6) is 0 Å². The number of nitrogens with one attached hydrogen (secondary N) is 1. The summed E-state index contributed by atoms with van der Waals surface area (Å²) in [7, 11) is 0. The fourth-order valence-corrected chi connectivity index (χ4v) is 2.87. The van der Waals surface area contributed by atoms with Gasteiger partial charge < -0.3 is 11.1 Å². The third-order valence-corrected chi connectivity index (χ3v) is 4.26. The standard InChI is InChI=1S/C12H19BrN2OS/c1-9(6-14)7-15-12(16)4-2-3-11-5-10(13)8-17-11/h5,8-9H,2-4,6-7,14H2,1H3,(H,15,16). The molecule has 1 aromatic heterocycles. The Labute approximate surface area is 115 Å². The van der Waals surface area contributed by atoms with Gasteiger partial charge in [-0.05, 0) is 47.3 Å². The summed E-state index contributed by atoms with van der Waals surface area (Å²) in [5.74, 6) is 0.480. The summed E-state index contributed by atoms with van der Waals surface area (Å²) in [6, 6.07) is 2.11. The molecule has 0 aliphatic carbocycles. The molecule has 1 aromatic rings. The second-order valence-corrected chi connectivity index (χ2v) is 6.14. The summed E-state index contributed by atoms with van der Waals surface area (Å²) in [5.41, 5.74) is 5.48. The van der Waals surface area contributed by atoms with Gasteiger partial charge in [-0.1, -0.05) is 6.92 Å². The monoisotopic (exact) mass is 318 g/mol. The highest BCUT2D eigenvalue weighted by molar-refractivity contribution is 9.10. The number of hydrogen-bond donors (Lipinski definition) is 2. The lowest BCUT2D eigenvalue weighted by molar-refractivity contribution is -0.121. The van der Waals surface area contributed by atoms with Gasteiger partial charge in [-0.25, -0.2) is 0 Å². The van der Waals surface area contributed by atoms with E-state index in [0.717, 1.165) is 17.3 Å². The molecule has 3 N–H and O–H groups in total. The van der Waals surface area contributed by atoms with Gasteiger partial charge in [0.15, 0.2) is 0 Å². The highest BCUT2D eigenvalue weighted by Gasteiger charge is 2.05. The van der Waals surface area contributed by atoms with Crippen molar-refractivity contribution in [3.63, 3.8) is 0 Å². The van der Waals surface area contributed by atoms with Crippen LogP contribution in [0.4, 0.5) is 0 Å². The number of thiophene rings is 1. The summed E-state index contributed by atoms with van der Waals surface area (Å²) in [6.45, 7) is 3.33. The molecule has 1 atom stereocenters. The first kappa shape index (κ1) is 14.7. The van der Waals surface area contributed by atoms with E-state index < -0.39 is 0 Å². The molecule has 0 radical (unpaired) electrons. The van der Waals surface area contributed by atoms with Crippen LogP contribution in [-0.2, 0) is 11.2 Å². The quantitative estimate of drug-likeness (QED) is 0.811. The van der Waals surface area contributed by atoms with Crippen molar-refractivity contribution in [2.45, 2.75) is 26.2 Å². The van der Waals surface area contributed by atoms with Gasteiger partial charge in [-0.3, -0.25) is 4.79 Å². The van der Waals surface area contributed by atoms with Crippen LogP contribution < -0.4 is 11.1 Å². The van der Waals surface area contributed by atoms with Crippen LogP contribution in [0, 0.1) is 5.92 Å². The SMILES string of the molecule is CC(CN)CNC(=O)CCCc1cc(Br)cs1. The fraction of sp³-hybridized carbons (Fsp3) is 0.583. The predicted octanol–water partition coefficient (Wildman–Crippen LogP) is 2.54. The molecule has 0 fully saturated rings. The molecular formula is C12H19BrN2OS. The lowest BCUT2D eigenvalue weighted by Gasteiger charge is -2.09. The zero-order valence-electron chi connectivity index (χ0n) is 10.0. The van der Waals surface area contributed by atoms with E-state index in [2.05, 4.69) is 32.7 Å². The molecule has 0 aromatic carbocycles. The molecule has 5 heteroatoms. The van der Waals surface area contributed by atoms with E-state index in [0.29, 0.717) is 25.4 Å². The van der Waals surface area contributed by atoms with Crippen molar-refractivity contribution in [3.8, 4) is 0 Å². The highest BCUT2D eigenvalue weighted by Crippen LogP contribution is 2.21. The van der Waals surface area contributed by atoms with Crippen LogP contribution in [0.1, 0.15) is 24.6 Å². The lowest BCUT2D eigenvalue weighted by atomic mass is 10.1. The predicted molar refractivity (Wildman–Crippen MR) is 76.2 cm³/mol. The largest absolute Gasteiger partial charge is 0.356 e. The van der Waals surface area contributed by atoms with E-state index in [1.807, 2.05) is 6.92 Å². The number of carbonyl (C=O) groups is 1. The van der Waals surface area contributed by atoms with Crippen molar-refractivity contribution in [2.24, 2.45) is 11.7 Å². The first-order chi connectivity index (χ1) is 8.11. The third kappa shape index (κ3) is 6.19. The fourth-order valence-electron chi connectivity index (χ4n) is 1.37. The van der Waals surface area contributed by atoms with Gasteiger partial charge in [-0.2, -0.15) is 0 Å². The Morgan fingerprint density at radius 3 is 3.00 bits per heavy atom. The number of halogens is 1. The minimum atomic E-state index is 0.126. The van der Waals surface area contributed by atoms with Crippen LogP contribution in [0.3, 0.4) is 0 Å². The third-order valence-electron chi connectivity index (χ3n) is 2.50. The topological polar surface area (TPSA) is 55.1 Å². The van der Waals surface area contributed by atoms with E-state index in [9.17, 15) is 4.79 Å². The summed E-state index contributed by atoms with van der Waals surface area (Å²) in [4.78, 5) is 12.8. The number of amides is 1. The number of hydrogen-bond acceptors (Lipinski definition) is 3. The molecule has 1 amide bonds. The maximum atomic E-state index is 11.5. The number of rotatable bonds is 7. The van der Waals surface area contributed by atoms with Crippen LogP contribution in [-0.4, -0.2) is 19.0 Å². The summed E-state index contributed by atoms with van der Waals surface area (Å²) < 4.78 is 1.12. The van der Waals surface area contributed by atoms with Crippen LogP contribution in [0.2, 0.25) is 0 Å². The minimum absolute atomic E-state index is 0.126. The molecule has 0 saturated carbocycles. The Kier molecular flexibility index (Phi) is 6.77. The molecule has 96 valence electrons. The smallest absolute Gasteiger partial charge is 0.220 e. The Hall–Kier alpha value is -0.390. The molecular weight excluding hydrogens is 300 g/mol.